The number of carbonyl (C=O) groups is 1. The van der Waals surface area contributed by atoms with E-state index in [0.29, 0.717) is 11.5 Å². The zero-order valence-electron chi connectivity index (χ0n) is 9.23. The van der Waals surface area contributed by atoms with E-state index in [1.165, 1.54) is 24.3 Å². The Morgan fingerprint density at radius 1 is 1.26 bits per heavy atom. The highest BCUT2D eigenvalue weighted by Crippen LogP contribution is 2.32. The minimum Gasteiger partial charge on any atom is -0.508 e. The number of benzene rings is 1. The van der Waals surface area contributed by atoms with Crippen LogP contribution in [0.5, 0.6) is 5.75 Å². The van der Waals surface area contributed by atoms with Crippen molar-refractivity contribution in [3.05, 3.63) is 41.6 Å². The smallest absolute Gasteiger partial charge is 0.434 e. The van der Waals surface area contributed by atoms with Crippen LogP contribution in [0.3, 0.4) is 0 Å². The van der Waals surface area contributed by atoms with Crippen LogP contribution in [0.15, 0.2) is 30.3 Å². The maximum Gasteiger partial charge on any atom is 0.434 e. The summed E-state index contributed by atoms with van der Waals surface area (Å²) in [5.41, 5.74) is -0.821. The summed E-state index contributed by atoms with van der Waals surface area (Å²) >= 11 is 0.551. The Hall–Kier alpha value is -2.09. The number of amides is 1. The minimum atomic E-state index is -4.53. The predicted molar refractivity (Wildman–Crippen MR) is 63.2 cm³/mol. The monoisotopic (exact) mass is 288 g/mol. The van der Waals surface area contributed by atoms with Crippen molar-refractivity contribution < 1.29 is 23.1 Å². The summed E-state index contributed by atoms with van der Waals surface area (Å²) in [6, 6.07) is 6.10. The molecule has 1 heterocycles. The van der Waals surface area contributed by atoms with Crippen LogP contribution in [-0.2, 0) is 6.18 Å². The number of hydrogen-bond donors (Lipinski definition) is 2. The first-order chi connectivity index (χ1) is 8.86. The SMILES string of the molecule is O=C(Nc1cc(C(F)(F)F)ns1)c1ccc(O)cc1. The van der Waals surface area contributed by atoms with Crippen molar-refractivity contribution in [3.8, 4) is 5.75 Å². The molecule has 0 aliphatic carbocycles. The summed E-state index contributed by atoms with van der Waals surface area (Å²) in [7, 11) is 0. The number of halogens is 3. The number of nitrogens with zero attached hydrogens (tertiary/aromatic N) is 1. The highest BCUT2D eigenvalue weighted by molar-refractivity contribution is 7.10. The average Bonchev–Trinajstić information content (AvgIpc) is 2.78. The zero-order chi connectivity index (χ0) is 14.0. The van der Waals surface area contributed by atoms with Gasteiger partial charge in [0.05, 0.1) is 0 Å². The molecule has 2 N–H and O–H groups in total. The number of aromatic nitrogens is 1. The normalized spacial score (nSPS) is 11.3. The number of nitrogens with one attached hydrogen (secondary N) is 1. The van der Waals surface area contributed by atoms with E-state index in [0.717, 1.165) is 6.07 Å². The Labute approximate surface area is 109 Å². The maximum absolute atomic E-state index is 12.3. The van der Waals surface area contributed by atoms with E-state index in [9.17, 15) is 18.0 Å². The Balaban J connectivity index is 2.11. The molecular weight excluding hydrogens is 281 g/mol. The molecule has 0 aliphatic heterocycles. The van der Waals surface area contributed by atoms with Crippen LogP contribution in [0.4, 0.5) is 18.2 Å². The third-order valence-corrected chi connectivity index (χ3v) is 2.87. The second kappa shape index (κ2) is 4.88. The molecule has 0 radical (unpaired) electrons. The summed E-state index contributed by atoms with van der Waals surface area (Å²) in [6.07, 6.45) is -4.53. The highest BCUT2D eigenvalue weighted by Gasteiger charge is 2.34. The van der Waals surface area contributed by atoms with Gasteiger partial charge in [0, 0.05) is 11.6 Å². The van der Waals surface area contributed by atoms with Gasteiger partial charge in [-0.05, 0) is 35.8 Å². The summed E-state index contributed by atoms with van der Waals surface area (Å²) in [5, 5.41) is 11.4. The van der Waals surface area contributed by atoms with E-state index in [-0.39, 0.29) is 16.3 Å². The highest BCUT2D eigenvalue weighted by atomic mass is 32.1. The molecule has 8 heteroatoms. The summed E-state index contributed by atoms with van der Waals surface area (Å²) < 4.78 is 40.1. The molecule has 0 aliphatic rings. The fourth-order valence-corrected chi connectivity index (χ4v) is 1.92. The number of phenolic OH excluding ortho intramolecular Hbond substituents is 1. The van der Waals surface area contributed by atoms with Gasteiger partial charge in [0.2, 0.25) is 0 Å². The molecule has 0 spiro atoms. The van der Waals surface area contributed by atoms with Crippen molar-refractivity contribution in [2.45, 2.75) is 6.18 Å². The largest absolute Gasteiger partial charge is 0.508 e. The minimum absolute atomic E-state index is 0.00500. The molecule has 0 bridgehead atoms. The van der Waals surface area contributed by atoms with Gasteiger partial charge < -0.3 is 10.4 Å². The molecule has 0 atom stereocenters. The summed E-state index contributed by atoms with van der Waals surface area (Å²) in [6.45, 7) is 0. The van der Waals surface area contributed by atoms with Crippen LogP contribution in [0.25, 0.3) is 0 Å². The third-order valence-electron chi connectivity index (χ3n) is 2.17. The first kappa shape index (κ1) is 13.3. The van der Waals surface area contributed by atoms with E-state index in [4.69, 9.17) is 5.11 Å². The molecule has 2 aromatic rings. The van der Waals surface area contributed by atoms with Gasteiger partial charge in [-0.15, -0.1) is 0 Å². The molecule has 0 fully saturated rings. The number of hydrogen-bond acceptors (Lipinski definition) is 4. The zero-order valence-corrected chi connectivity index (χ0v) is 10.0. The molecule has 100 valence electrons. The molecule has 1 amide bonds. The van der Waals surface area contributed by atoms with Crippen molar-refractivity contribution in [1.29, 1.82) is 0 Å². The number of carbonyl (C=O) groups excluding carboxylic acids is 1. The van der Waals surface area contributed by atoms with Gasteiger partial charge in [-0.2, -0.15) is 17.5 Å². The van der Waals surface area contributed by atoms with Crippen molar-refractivity contribution in [2.75, 3.05) is 5.32 Å². The molecular formula is C11H7F3N2O2S. The molecule has 0 unspecified atom stereocenters. The van der Waals surface area contributed by atoms with Crippen molar-refractivity contribution in [1.82, 2.24) is 4.37 Å². The van der Waals surface area contributed by atoms with E-state index in [1.807, 2.05) is 0 Å². The summed E-state index contributed by atoms with van der Waals surface area (Å²) in [4.78, 5) is 11.7. The van der Waals surface area contributed by atoms with E-state index in [1.54, 1.807) is 0 Å². The lowest BCUT2D eigenvalue weighted by Gasteiger charge is -2.02. The average molecular weight is 288 g/mol. The first-order valence-electron chi connectivity index (χ1n) is 5.00. The number of phenols is 1. The Bertz CT molecular complexity index is 593. The fraction of sp³-hybridized carbons (Fsp3) is 0.0909. The molecule has 4 nitrogen and oxygen atoms in total. The topological polar surface area (TPSA) is 62.2 Å². The fourth-order valence-electron chi connectivity index (χ4n) is 1.26. The number of anilines is 1. The van der Waals surface area contributed by atoms with Crippen LogP contribution in [-0.4, -0.2) is 15.4 Å². The van der Waals surface area contributed by atoms with Gasteiger partial charge in [-0.25, -0.2) is 0 Å². The standard InChI is InChI=1S/C11H7F3N2O2S/c12-11(13,14)8-5-9(19-16-8)15-10(18)6-1-3-7(17)4-2-6/h1-5,17H,(H,15,18). The van der Waals surface area contributed by atoms with E-state index < -0.39 is 17.8 Å². The number of rotatable bonds is 2. The van der Waals surface area contributed by atoms with Crippen LogP contribution >= 0.6 is 11.5 Å². The predicted octanol–water partition coefficient (Wildman–Crippen LogP) is 3.12. The lowest BCUT2D eigenvalue weighted by Crippen LogP contribution is -2.10. The number of alkyl halides is 3. The first-order valence-corrected chi connectivity index (χ1v) is 5.78. The van der Waals surface area contributed by atoms with Crippen LogP contribution in [0.1, 0.15) is 16.1 Å². The Morgan fingerprint density at radius 2 is 1.89 bits per heavy atom. The summed E-state index contributed by atoms with van der Waals surface area (Å²) in [5.74, 6) is -0.578. The Morgan fingerprint density at radius 3 is 2.42 bits per heavy atom. The maximum atomic E-state index is 12.3. The van der Waals surface area contributed by atoms with Crippen molar-refractivity contribution in [3.63, 3.8) is 0 Å². The van der Waals surface area contributed by atoms with Gasteiger partial charge in [0.25, 0.3) is 5.91 Å². The molecule has 0 saturated heterocycles. The molecule has 1 aromatic heterocycles. The molecule has 0 saturated carbocycles. The van der Waals surface area contributed by atoms with Gasteiger partial charge in [-0.3, -0.25) is 4.79 Å². The molecule has 1 aromatic carbocycles. The molecule has 2 rings (SSSR count). The van der Waals surface area contributed by atoms with Crippen LogP contribution < -0.4 is 5.32 Å². The Kier molecular flexibility index (Phi) is 3.43. The van der Waals surface area contributed by atoms with E-state index in [2.05, 4.69) is 9.69 Å². The van der Waals surface area contributed by atoms with Crippen molar-refractivity contribution >= 4 is 22.4 Å². The van der Waals surface area contributed by atoms with Gasteiger partial charge in [-0.1, -0.05) is 0 Å². The second-order valence-corrected chi connectivity index (χ2v) is 4.38. The third kappa shape index (κ3) is 3.22. The molecule has 19 heavy (non-hydrogen) atoms. The lowest BCUT2D eigenvalue weighted by atomic mass is 10.2. The second-order valence-electron chi connectivity index (χ2n) is 3.58. The lowest BCUT2D eigenvalue weighted by molar-refractivity contribution is -0.140. The van der Waals surface area contributed by atoms with Crippen LogP contribution in [0.2, 0.25) is 0 Å². The van der Waals surface area contributed by atoms with Gasteiger partial charge in [0.1, 0.15) is 10.8 Å². The van der Waals surface area contributed by atoms with Gasteiger partial charge >= 0.3 is 6.18 Å². The van der Waals surface area contributed by atoms with Gasteiger partial charge in [0.15, 0.2) is 5.69 Å². The van der Waals surface area contributed by atoms with E-state index >= 15 is 0 Å². The van der Waals surface area contributed by atoms with Crippen LogP contribution in [0, 0.1) is 0 Å². The quantitative estimate of drug-likeness (QED) is 0.892. The number of aromatic hydroxyl groups is 1. The van der Waals surface area contributed by atoms with Crippen molar-refractivity contribution in [2.24, 2.45) is 0 Å².